The first-order valence-electron chi connectivity index (χ1n) is 6.33. The van der Waals surface area contributed by atoms with Crippen molar-refractivity contribution in [1.82, 2.24) is 0 Å². The summed E-state index contributed by atoms with van der Waals surface area (Å²) < 4.78 is 19.2. The van der Waals surface area contributed by atoms with Crippen molar-refractivity contribution in [2.45, 2.75) is 45.6 Å². The molecule has 0 fully saturated rings. The Hall–Kier alpha value is -1.09. The Labute approximate surface area is 103 Å². The Kier molecular flexibility index (Phi) is 5.98. The summed E-state index contributed by atoms with van der Waals surface area (Å²) >= 11 is 0. The molecule has 0 heterocycles. The lowest BCUT2D eigenvalue weighted by Gasteiger charge is -2.14. The molecule has 0 amide bonds. The second kappa shape index (κ2) is 7.28. The third-order valence-corrected chi connectivity index (χ3v) is 2.72. The Bertz CT molecular complexity index is 339. The molecule has 0 radical (unpaired) electrons. The van der Waals surface area contributed by atoms with E-state index in [1.807, 2.05) is 0 Å². The van der Waals surface area contributed by atoms with Crippen molar-refractivity contribution in [3.63, 3.8) is 0 Å². The Balaban J connectivity index is 2.55. The minimum absolute atomic E-state index is 0.286. The van der Waals surface area contributed by atoms with E-state index in [2.05, 4.69) is 6.92 Å². The van der Waals surface area contributed by atoms with Gasteiger partial charge < -0.3 is 10.5 Å². The van der Waals surface area contributed by atoms with Gasteiger partial charge in [-0.25, -0.2) is 4.39 Å². The summed E-state index contributed by atoms with van der Waals surface area (Å²) in [6.45, 7) is 4.56. The van der Waals surface area contributed by atoms with Gasteiger partial charge in [-0.05, 0) is 25.5 Å². The van der Waals surface area contributed by atoms with Crippen molar-refractivity contribution < 1.29 is 9.13 Å². The molecule has 2 N–H and O–H groups in total. The van der Waals surface area contributed by atoms with Gasteiger partial charge in [-0.15, -0.1) is 0 Å². The highest BCUT2D eigenvalue weighted by molar-refractivity contribution is 5.36. The fourth-order valence-corrected chi connectivity index (χ4v) is 1.80. The van der Waals surface area contributed by atoms with Crippen LogP contribution < -0.4 is 10.5 Å². The van der Waals surface area contributed by atoms with Gasteiger partial charge in [0.1, 0.15) is 11.6 Å². The molecule has 0 spiro atoms. The second-order valence-corrected chi connectivity index (χ2v) is 4.35. The van der Waals surface area contributed by atoms with Gasteiger partial charge >= 0.3 is 0 Å². The molecule has 96 valence electrons. The number of benzene rings is 1. The van der Waals surface area contributed by atoms with Gasteiger partial charge in [0.15, 0.2) is 0 Å². The number of nitrogens with two attached hydrogens (primary N) is 1. The lowest BCUT2D eigenvalue weighted by atomic mass is 10.1. The molecule has 1 unspecified atom stereocenters. The third-order valence-electron chi connectivity index (χ3n) is 2.72. The summed E-state index contributed by atoms with van der Waals surface area (Å²) in [7, 11) is 0. The minimum atomic E-state index is -0.346. The molecule has 1 atom stereocenters. The average Bonchev–Trinajstić information content (AvgIpc) is 2.28. The Morgan fingerprint density at radius 2 is 2.06 bits per heavy atom. The van der Waals surface area contributed by atoms with Crippen molar-refractivity contribution in [3.8, 4) is 5.75 Å². The summed E-state index contributed by atoms with van der Waals surface area (Å²) in [6.07, 6.45) is 4.57. The molecule has 3 heteroatoms. The van der Waals surface area contributed by atoms with Crippen LogP contribution in [0.4, 0.5) is 4.39 Å². The molecule has 17 heavy (non-hydrogen) atoms. The largest absolute Gasteiger partial charge is 0.493 e. The maximum absolute atomic E-state index is 13.6. The summed E-state index contributed by atoms with van der Waals surface area (Å²) in [5, 5.41) is 0. The topological polar surface area (TPSA) is 35.2 Å². The van der Waals surface area contributed by atoms with Crippen LogP contribution in [0.1, 0.15) is 51.1 Å². The van der Waals surface area contributed by atoms with Gasteiger partial charge in [0.05, 0.1) is 6.61 Å². The van der Waals surface area contributed by atoms with Gasteiger partial charge in [-0.2, -0.15) is 0 Å². The van der Waals surface area contributed by atoms with E-state index in [1.165, 1.54) is 18.9 Å². The van der Waals surface area contributed by atoms with Gasteiger partial charge in [0.2, 0.25) is 0 Å². The van der Waals surface area contributed by atoms with Crippen LogP contribution in [0.25, 0.3) is 0 Å². The summed E-state index contributed by atoms with van der Waals surface area (Å²) in [6, 6.07) is 4.51. The molecule has 0 saturated carbocycles. The number of rotatable bonds is 7. The molecule has 0 aliphatic heterocycles. The van der Waals surface area contributed by atoms with Crippen molar-refractivity contribution in [2.75, 3.05) is 6.61 Å². The summed E-state index contributed by atoms with van der Waals surface area (Å²) in [4.78, 5) is 0. The van der Waals surface area contributed by atoms with E-state index in [-0.39, 0.29) is 11.9 Å². The zero-order valence-electron chi connectivity index (χ0n) is 10.7. The quantitative estimate of drug-likeness (QED) is 0.734. The first kappa shape index (κ1) is 14.0. The predicted octanol–water partition coefficient (Wildman–Crippen LogP) is 3.80. The van der Waals surface area contributed by atoms with Crippen LogP contribution >= 0.6 is 0 Å². The first-order chi connectivity index (χ1) is 8.16. The maximum Gasteiger partial charge on any atom is 0.131 e. The molecular formula is C14H22FNO. The van der Waals surface area contributed by atoms with E-state index >= 15 is 0 Å². The Morgan fingerprint density at radius 1 is 1.29 bits per heavy atom. The van der Waals surface area contributed by atoms with E-state index in [1.54, 1.807) is 19.1 Å². The second-order valence-electron chi connectivity index (χ2n) is 4.35. The lowest BCUT2D eigenvalue weighted by molar-refractivity contribution is 0.298. The van der Waals surface area contributed by atoms with Crippen LogP contribution in [0, 0.1) is 5.82 Å². The predicted molar refractivity (Wildman–Crippen MR) is 68.6 cm³/mol. The van der Waals surface area contributed by atoms with Crippen molar-refractivity contribution in [1.29, 1.82) is 0 Å². The molecule has 2 nitrogen and oxygen atoms in total. The highest BCUT2D eigenvalue weighted by atomic mass is 19.1. The number of hydrogen-bond acceptors (Lipinski definition) is 2. The number of ether oxygens (including phenoxy) is 1. The molecule has 0 bridgehead atoms. The standard InChI is InChI=1S/C14H22FNO/c1-3-4-5-6-10-17-13-9-7-8-12(15)14(13)11(2)16/h7-9,11H,3-6,10,16H2,1-2H3. The molecule has 0 saturated heterocycles. The minimum Gasteiger partial charge on any atom is -0.493 e. The Morgan fingerprint density at radius 3 is 2.71 bits per heavy atom. The van der Waals surface area contributed by atoms with Crippen LogP contribution in [0.2, 0.25) is 0 Å². The van der Waals surface area contributed by atoms with Crippen molar-refractivity contribution in [3.05, 3.63) is 29.6 Å². The zero-order chi connectivity index (χ0) is 12.7. The molecule has 1 aromatic rings. The molecule has 0 aromatic heterocycles. The van der Waals surface area contributed by atoms with E-state index in [0.29, 0.717) is 17.9 Å². The van der Waals surface area contributed by atoms with E-state index in [9.17, 15) is 4.39 Å². The average molecular weight is 239 g/mol. The van der Waals surface area contributed by atoms with Crippen LogP contribution in [0.5, 0.6) is 5.75 Å². The van der Waals surface area contributed by atoms with E-state index in [0.717, 1.165) is 12.8 Å². The van der Waals surface area contributed by atoms with Crippen LogP contribution in [0.15, 0.2) is 18.2 Å². The number of unbranched alkanes of at least 4 members (excludes halogenated alkanes) is 3. The lowest BCUT2D eigenvalue weighted by Crippen LogP contribution is -2.11. The van der Waals surface area contributed by atoms with Crippen LogP contribution in [-0.4, -0.2) is 6.61 Å². The molecule has 1 aromatic carbocycles. The molecule has 0 aliphatic rings. The first-order valence-corrected chi connectivity index (χ1v) is 6.33. The van der Waals surface area contributed by atoms with Crippen molar-refractivity contribution in [2.24, 2.45) is 5.73 Å². The van der Waals surface area contributed by atoms with Crippen LogP contribution in [-0.2, 0) is 0 Å². The normalized spacial score (nSPS) is 12.5. The SMILES string of the molecule is CCCCCCOc1cccc(F)c1C(C)N. The smallest absolute Gasteiger partial charge is 0.131 e. The fourth-order valence-electron chi connectivity index (χ4n) is 1.80. The van der Waals surface area contributed by atoms with Crippen LogP contribution in [0.3, 0.4) is 0 Å². The van der Waals surface area contributed by atoms with Gasteiger partial charge in [-0.3, -0.25) is 0 Å². The van der Waals surface area contributed by atoms with Gasteiger partial charge in [0.25, 0.3) is 0 Å². The van der Waals surface area contributed by atoms with Crippen molar-refractivity contribution >= 4 is 0 Å². The fraction of sp³-hybridized carbons (Fsp3) is 0.571. The maximum atomic E-state index is 13.6. The van der Waals surface area contributed by atoms with Gasteiger partial charge in [0, 0.05) is 11.6 Å². The third kappa shape index (κ3) is 4.35. The van der Waals surface area contributed by atoms with Gasteiger partial charge in [-0.1, -0.05) is 32.3 Å². The van der Waals surface area contributed by atoms with E-state index < -0.39 is 0 Å². The monoisotopic (exact) mass is 239 g/mol. The zero-order valence-corrected chi connectivity index (χ0v) is 10.7. The molecule has 1 rings (SSSR count). The molecule has 0 aliphatic carbocycles. The number of halogens is 1. The highest BCUT2D eigenvalue weighted by Crippen LogP contribution is 2.26. The summed E-state index contributed by atoms with van der Waals surface area (Å²) in [5.41, 5.74) is 6.22. The van der Waals surface area contributed by atoms with E-state index in [4.69, 9.17) is 10.5 Å². The number of hydrogen-bond donors (Lipinski definition) is 1. The summed E-state index contributed by atoms with van der Waals surface area (Å²) in [5.74, 6) is 0.294. The molecular weight excluding hydrogens is 217 g/mol. The highest BCUT2D eigenvalue weighted by Gasteiger charge is 2.13.